The van der Waals surface area contributed by atoms with E-state index >= 15 is 0 Å². The van der Waals surface area contributed by atoms with Gasteiger partial charge in [0.1, 0.15) is 0 Å². The molecular formula is C16H25BrN2OS. The maximum atomic E-state index is 11.9. The van der Waals surface area contributed by atoms with Gasteiger partial charge in [0, 0.05) is 11.0 Å². The first kappa shape index (κ1) is 18.5. The molecule has 5 heteroatoms. The Hall–Kier alpha value is -0.520. The monoisotopic (exact) mass is 372 g/mol. The number of benzene rings is 1. The van der Waals surface area contributed by atoms with Gasteiger partial charge in [-0.3, -0.25) is 4.79 Å². The van der Waals surface area contributed by atoms with Crippen LogP contribution in [-0.4, -0.2) is 30.5 Å². The van der Waals surface area contributed by atoms with Gasteiger partial charge in [0.15, 0.2) is 0 Å². The number of thioether (sulfide) groups is 1. The molecule has 0 aliphatic heterocycles. The third kappa shape index (κ3) is 7.34. The molecule has 1 rings (SSSR count). The number of halogens is 1. The number of nitrogens with one attached hydrogen (secondary N) is 1. The average Bonchev–Trinajstić information content (AvgIpc) is 2.48. The van der Waals surface area contributed by atoms with E-state index in [2.05, 4.69) is 40.3 Å². The summed E-state index contributed by atoms with van der Waals surface area (Å²) in [7, 11) is 0. The van der Waals surface area contributed by atoms with Crippen molar-refractivity contribution >= 4 is 33.6 Å². The predicted molar refractivity (Wildman–Crippen MR) is 95.6 cm³/mol. The molecule has 2 atom stereocenters. The SMILES string of the molecule is CCC(CNC(=O)[C@@H](N)CCSC)Cc1cccc(Br)c1. The van der Waals surface area contributed by atoms with Crippen LogP contribution in [0, 0.1) is 5.92 Å². The van der Waals surface area contributed by atoms with Crippen LogP contribution < -0.4 is 11.1 Å². The molecule has 0 aliphatic rings. The summed E-state index contributed by atoms with van der Waals surface area (Å²) >= 11 is 5.21. The van der Waals surface area contributed by atoms with E-state index in [1.807, 2.05) is 18.4 Å². The maximum absolute atomic E-state index is 11.9. The molecule has 0 fully saturated rings. The summed E-state index contributed by atoms with van der Waals surface area (Å²) < 4.78 is 1.10. The van der Waals surface area contributed by atoms with Crippen LogP contribution in [0.1, 0.15) is 25.3 Å². The van der Waals surface area contributed by atoms with Crippen molar-refractivity contribution in [1.29, 1.82) is 0 Å². The van der Waals surface area contributed by atoms with Crippen LogP contribution in [0.3, 0.4) is 0 Å². The van der Waals surface area contributed by atoms with Crippen LogP contribution in [0.5, 0.6) is 0 Å². The highest BCUT2D eigenvalue weighted by atomic mass is 79.9. The maximum Gasteiger partial charge on any atom is 0.236 e. The van der Waals surface area contributed by atoms with Gasteiger partial charge in [-0.25, -0.2) is 0 Å². The molecule has 0 aromatic heterocycles. The number of carbonyl (C=O) groups is 1. The molecule has 1 aromatic carbocycles. The second kappa shape index (κ2) is 10.2. The summed E-state index contributed by atoms with van der Waals surface area (Å²) in [6.45, 7) is 2.84. The standard InChI is InChI=1S/C16H25BrN2OS/c1-3-12(9-13-5-4-6-14(17)10-13)11-19-16(20)15(18)7-8-21-2/h4-6,10,12,15H,3,7-9,11,18H2,1-2H3,(H,19,20)/t12?,15-/m0/s1. The minimum atomic E-state index is -0.388. The largest absolute Gasteiger partial charge is 0.354 e. The normalized spacial score (nSPS) is 13.7. The predicted octanol–water partition coefficient (Wildman–Crippen LogP) is 3.21. The third-order valence-electron chi connectivity index (χ3n) is 3.53. The van der Waals surface area contributed by atoms with Crippen molar-refractivity contribution in [1.82, 2.24) is 5.32 Å². The van der Waals surface area contributed by atoms with Crippen LogP contribution in [0.15, 0.2) is 28.7 Å². The second-order valence-corrected chi connectivity index (χ2v) is 7.14. The lowest BCUT2D eigenvalue weighted by Crippen LogP contribution is -2.42. The summed E-state index contributed by atoms with van der Waals surface area (Å²) in [5, 5.41) is 2.99. The first-order valence-electron chi connectivity index (χ1n) is 7.33. The number of nitrogens with two attached hydrogens (primary N) is 1. The van der Waals surface area contributed by atoms with Gasteiger partial charge in [-0.05, 0) is 48.5 Å². The molecule has 0 spiro atoms. The van der Waals surface area contributed by atoms with Crippen LogP contribution in [-0.2, 0) is 11.2 Å². The van der Waals surface area contributed by atoms with Gasteiger partial charge in [-0.2, -0.15) is 11.8 Å². The van der Waals surface area contributed by atoms with Gasteiger partial charge in [-0.15, -0.1) is 0 Å². The quantitative estimate of drug-likeness (QED) is 0.699. The Morgan fingerprint density at radius 2 is 2.24 bits per heavy atom. The number of hydrogen-bond donors (Lipinski definition) is 2. The highest BCUT2D eigenvalue weighted by molar-refractivity contribution is 9.10. The Bertz CT molecular complexity index is 442. The Kier molecular flexibility index (Phi) is 9.04. The van der Waals surface area contributed by atoms with Crippen LogP contribution in [0.4, 0.5) is 0 Å². The van der Waals surface area contributed by atoms with Crippen molar-refractivity contribution in [3.8, 4) is 0 Å². The zero-order valence-corrected chi connectivity index (χ0v) is 15.2. The molecule has 3 nitrogen and oxygen atoms in total. The van der Waals surface area contributed by atoms with Gasteiger partial charge in [0.2, 0.25) is 5.91 Å². The summed E-state index contributed by atoms with van der Waals surface area (Å²) in [6.07, 6.45) is 4.76. The van der Waals surface area contributed by atoms with E-state index in [1.165, 1.54) is 5.56 Å². The zero-order chi connectivity index (χ0) is 15.7. The van der Waals surface area contributed by atoms with E-state index in [4.69, 9.17) is 5.73 Å². The van der Waals surface area contributed by atoms with E-state index in [0.717, 1.165) is 29.5 Å². The third-order valence-corrected chi connectivity index (χ3v) is 4.66. The fourth-order valence-electron chi connectivity index (χ4n) is 2.11. The van der Waals surface area contributed by atoms with Crippen molar-refractivity contribution < 1.29 is 4.79 Å². The number of rotatable bonds is 9. The van der Waals surface area contributed by atoms with Crippen LogP contribution in [0.25, 0.3) is 0 Å². The van der Waals surface area contributed by atoms with Gasteiger partial charge in [-0.1, -0.05) is 41.4 Å². The molecule has 0 saturated heterocycles. The molecule has 0 heterocycles. The summed E-state index contributed by atoms with van der Waals surface area (Å²) in [5.41, 5.74) is 7.16. The van der Waals surface area contributed by atoms with E-state index in [9.17, 15) is 4.79 Å². The smallest absolute Gasteiger partial charge is 0.236 e. The van der Waals surface area contributed by atoms with E-state index in [0.29, 0.717) is 12.5 Å². The minimum absolute atomic E-state index is 0.0308. The fourth-order valence-corrected chi connectivity index (χ4v) is 3.05. The van der Waals surface area contributed by atoms with Crippen LogP contribution >= 0.6 is 27.7 Å². The molecule has 118 valence electrons. The first-order chi connectivity index (χ1) is 10.1. The molecule has 0 aliphatic carbocycles. The molecule has 1 aromatic rings. The van der Waals surface area contributed by atoms with Gasteiger partial charge >= 0.3 is 0 Å². The van der Waals surface area contributed by atoms with Gasteiger partial charge in [0.05, 0.1) is 6.04 Å². The number of hydrogen-bond acceptors (Lipinski definition) is 3. The number of carbonyl (C=O) groups excluding carboxylic acids is 1. The lowest BCUT2D eigenvalue weighted by atomic mass is 9.97. The molecule has 1 amide bonds. The van der Waals surface area contributed by atoms with Gasteiger partial charge in [0.25, 0.3) is 0 Å². The van der Waals surface area contributed by atoms with Gasteiger partial charge < -0.3 is 11.1 Å². The molecule has 0 bridgehead atoms. The molecular weight excluding hydrogens is 348 g/mol. The molecule has 21 heavy (non-hydrogen) atoms. The van der Waals surface area contributed by atoms with Crippen molar-refractivity contribution in [3.05, 3.63) is 34.3 Å². The summed E-state index contributed by atoms with van der Waals surface area (Å²) in [5.74, 6) is 1.33. The minimum Gasteiger partial charge on any atom is -0.354 e. The number of amides is 1. The topological polar surface area (TPSA) is 55.1 Å². The molecule has 3 N–H and O–H groups in total. The Labute approximate surface area is 140 Å². The molecule has 0 saturated carbocycles. The second-order valence-electron chi connectivity index (χ2n) is 5.24. The Balaban J connectivity index is 2.42. The van der Waals surface area contributed by atoms with E-state index in [-0.39, 0.29) is 11.9 Å². The van der Waals surface area contributed by atoms with Crippen LogP contribution in [0.2, 0.25) is 0 Å². The van der Waals surface area contributed by atoms with Crippen molar-refractivity contribution in [2.45, 2.75) is 32.2 Å². The highest BCUT2D eigenvalue weighted by Crippen LogP contribution is 2.16. The van der Waals surface area contributed by atoms with E-state index in [1.54, 1.807) is 11.8 Å². The van der Waals surface area contributed by atoms with E-state index < -0.39 is 0 Å². The molecule has 1 unspecified atom stereocenters. The summed E-state index contributed by atoms with van der Waals surface area (Å²) in [6, 6.07) is 7.94. The average molecular weight is 373 g/mol. The Morgan fingerprint density at radius 3 is 2.86 bits per heavy atom. The summed E-state index contributed by atoms with van der Waals surface area (Å²) in [4.78, 5) is 11.9. The lowest BCUT2D eigenvalue weighted by Gasteiger charge is -2.18. The lowest BCUT2D eigenvalue weighted by molar-refractivity contribution is -0.122. The molecule has 0 radical (unpaired) electrons. The fraction of sp³-hybridized carbons (Fsp3) is 0.562. The Morgan fingerprint density at radius 1 is 1.48 bits per heavy atom. The first-order valence-corrected chi connectivity index (χ1v) is 9.52. The van der Waals surface area contributed by atoms with Crippen molar-refractivity contribution in [3.63, 3.8) is 0 Å². The highest BCUT2D eigenvalue weighted by Gasteiger charge is 2.15. The zero-order valence-electron chi connectivity index (χ0n) is 12.8. The van der Waals surface area contributed by atoms with Crippen molar-refractivity contribution in [2.75, 3.05) is 18.6 Å². The van der Waals surface area contributed by atoms with Crippen molar-refractivity contribution in [2.24, 2.45) is 11.7 Å².